The molecule has 1 heterocycles. The van der Waals surface area contributed by atoms with E-state index in [1.54, 1.807) is 0 Å². The summed E-state index contributed by atoms with van der Waals surface area (Å²) in [6.07, 6.45) is 0.495. The van der Waals surface area contributed by atoms with Crippen LogP contribution in [0.1, 0.15) is 38.8 Å². The molecule has 112 valence electrons. The van der Waals surface area contributed by atoms with Gasteiger partial charge in [0.25, 0.3) is 0 Å². The number of hydrogen-bond donors (Lipinski definition) is 1. The van der Waals surface area contributed by atoms with Gasteiger partial charge in [0.2, 0.25) is 0 Å². The van der Waals surface area contributed by atoms with Gasteiger partial charge in [-0.05, 0) is 45.4 Å². The molecular weight excluding hydrogens is 284 g/mol. The molecule has 1 fully saturated rings. The molecule has 1 aromatic carbocycles. The average Bonchev–Trinajstić information content (AvgIpc) is 3.14. The van der Waals surface area contributed by atoms with Crippen molar-refractivity contribution in [2.24, 2.45) is 0 Å². The highest BCUT2D eigenvalue weighted by atomic mass is 32.2. The predicted molar refractivity (Wildman–Crippen MR) is 74.5 cm³/mol. The summed E-state index contributed by atoms with van der Waals surface area (Å²) < 4.78 is 47.0. The van der Waals surface area contributed by atoms with Crippen LogP contribution in [-0.4, -0.2) is 22.0 Å². The lowest BCUT2D eigenvalue weighted by atomic mass is 10.0. The van der Waals surface area contributed by atoms with Crippen molar-refractivity contribution in [2.75, 3.05) is 6.61 Å². The normalized spacial score (nSPS) is 21.6. The van der Waals surface area contributed by atoms with Gasteiger partial charge in [-0.2, -0.15) is 0 Å². The first-order valence-electron chi connectivity index (χ1n) is 6.52. The Morgan fingerprint density at radius 3 is 2.65 bits per heavy atom. The fourth-order valence-corrected chi connectivity index (χ4v) is 2.63. The van der Waals surface area contributed by atoms with Gasteiger partial charge in [0, 0.05) is 16.9 Å². The van der Waals surface area contributed by atoms with Crippen molar-refractivity contribution in [2.45, 2.75) is 44.1 Å². The van der Waals surface area contributed by atoms with Crippen LogP contribution in [0.15, 0.2) is 18.2 Å². The number of epoxide rings is 1. The van der Waals surface area contributed by atoms with Gasteiger partial charge >= 0.3 is 0 Å². The van der Waals surface area contributed by atoms with Crippen LogP contribution in [0.4, 0.5) is 8.78 Å². The lowest BCUT2D eigenvalue weighted by molar-refractivity contribution is 0.370. The Labute approximate surface area is 121 Å². The molecule has 1 aliphatic rings. The second-order valence-corrected chi connectivity index (χ2v) is 7.91. The van der Waals surface area contributed by atoms with E-state index in [0.29, 0.717) is 13.0 Å². The van der Waals surface area contributed by atoms with Crippen LogP contribution in [-0.2, 0) is 16.1 Å². The molecule has 0 radical (unpaired) electrons. The molecule has 1 unspecified atom stereocenters. The summed E-state index contributed by atoms with van der Waals surface area (Å²) in [6.45, 7) is 6.07. The van der Waals surface area contributed by atoms with E-state index >= 15 is 0 Å². The number of rotatable bonds is 5. The van der Waals surface area contributed by atoms with E-state index in [0.717, 1.165) is 18.2 Å². The average molecular weight is 303 g/mol. The smallest absolute Gasteiger partial charge is 0.136 e. The van der Waals surface area contributed by atoms with Crippen molar-refractivity contribution < 1.29 is 18.1 Å². The first-order valence-corrected chi connectivity index (χ1v) is 7.67. The molecule has 0 bridgehead atoms. The first-order chi connectivity index (χ1) is 9.27. The molecule has 6 heteroatoms. The van der Waals surface area contributed by atoms with Crippen LogP contribution in [0.3, 0.4) is 0 Å². The molecule has 3 atom stereocenters. The largest absolute Gasteiger partial charge is 0.598 e. The zero-order valence-corrected chi connectivity index (χ0v) is 12.6. The second-order valence-electron chi connectivity index (χ2n) is 5.91. The lowest BCUT2D eigenvalue weighted by Crippen LogP contribution is -2.41. The number of nitrogens with one attached hydrogen (secondary N) is 1. The zero-order valence-electron chi connectivity index (χ0n) is 11.8. The molecule has 0 aliphatic carbocycles. The Kier molecular flexibility index (Phi) is 4.69. The third-order valence-corrected chi connectivity index (χ3v) is 4.65. The van der Waals surface area contributed by atoms with Crippen molar-refractivity contribution in [3.8, 4) is 0 Å². The van der Waals surface area contributed by atoms with Gasteiger partial charge in [0.05, 0.1) is 18.8 Å². The minimum absolute atomic E-state index is 0.0205. The lowest BCUT2D eigenvalue weighted by Gasteiger charge is -2.28. The topological polar surface area (TPSA) is 47.6 Å². The Morgan fingerprint density at radius 1 is 1.45 bits per heavy atom. The maximum Gasteiger partial charge on any atom is 0.136 e. The SMILES string of the molecule is CC(C)(C)[S+]([O-])N[C@@H](C[C@H]1CO1)c1cc(F)ccc1F. The summed E-state index contributed by atoms with van der Waals surface area (Å²) in [6, 6.07) is 2.78. The van der Waals surface area contributed by atoms with Crippen LogP contribution >= 0.6 is 0 Å². The molecule has 3 nitrogen and oxygen atoms in total. The van der Waals surface area contributed by atoms with Gasteiger partial charge in [0.1, 0.15) is 16.4 Å². The maximum absolute atomic E-state index is 13.9. The number of benzene rings is 1. The minimum atomic E-state index is -1.37. The van der Waals surface area contributed by atoms with Gasteiger partial charge in [-0.1, -0.05) is 0 Å². The van der Waals surface area contributed by atoms with Crippen molar-refractivity contribution in [3.63, 3.8) is 0 Å². The van der Waals surface area contributed by atoms with Crippen LogP contribution in [0.5, 0.6) is 0 Å². The molecule has 0 aromatic heterocycles. The molecule has 1 N–H and O–H groups in total. The summed E-state index contributed by atoms with van der Waals surface area (Å²) in [5, 5.41) is 0. The van der Waals surface area contributed by atoms with Crippen molar-refractivity contribution in [1.82, 2.24) is 4.72 Å². The van der Waals surface area contributed by atoms with E-state index in [1.807, 2.05) is 20.8 Å². The summed E-state index contributed by atoms with van der Waals surface area (Å²) in [7, 11) is 0. The van der Waals surface area contributed by atoms with Gasteiger partial charge in [0.15, 0.2) is 0 Å². The van der Waals surface area contributed by atoms with Crippen molar-refractivity contribution >= 4 is 11.4 Å². The molecule has 0 amide bonds. The monoisotopic (exact) mass is 303 g/mol. The van der Waals surface area contributed by atoms with E-state index in [2.05, 4.69) is 4.72 Å². The third kappa shape index (κ3) is 4.15. The fourth-order valence-electron chi connectivity index (χ4n) is 1.79. The zero-order chi connectivity index (χ0) is 14.9. The number of hydrogen-bond acceptors (Lipinski definition) is 3. The Morgan fingerprint density at radius 2 is 2.10 bits per heavy atom. The summed E-state index contributed by atoms with van der Waals surface area (Å²) >= 11 is -1.37. The van der Waals surface area contributed by atoms with Crippen LogP contribution in [0, 0.1) is 11.6 Å². The molecular formula is C14H19F2NO2S. The summed E-state index contributed by atoms with van der Waals surface area (Å²) in [5.74, 6) is -1.01. The number of halogens is 2. The molecule has 1 saturated heterocycles. The molecule has 0 saturated carbocycles. The standard InChI is InChI=1S/C14H19F2NO2S/c1-14(2,3)20(18)17-13(7-10-8-19-10)11-6-9(15)4-5-12(11)16/h4-6,10,13,17H,7-8H2,1-3H3/t10-,13-,20?/m0/s1. The highest BCUT2D eigenvalue weighted by Gasteiger charge is 2.35. The summed E-state index contributed by atoms with van der Waals surface area (Å²) in [5.41, 5.74) is 0.193. The second kappa shape index (κ2) is 5.97. The van der Waals surface area contributed by atoms with Crippen LogP contribution in [0.2, 0.25) is 0 Å². The maximum atomic E-state index is 13.9. The predicted octanol–water partition coefficient (Wildman–Crippen LogP) is 2.85. The van der Waals surface area contributed by atoms with Gasteiger partial charge in [-0.3, -0.25) is 0 Å². The van der Waals surface area contributed by atoms with Gasteiger partial charge in [-0.15, -0.1) is 4.72 Å². The van der Waals surface area contributed by atoms with Crippen LogP contribution in [0.25, 0.3) is 0 Å². The van der Waals surface area contributed by atoms with E-state index in [-0.39, 0.29) is 11.7 Å². The van der Waals surface area contributed by atoms with E-state index in [4.69, 9.17) is 4.74 Å². The molecule has 0 spiro atoms. The van der Waals surface area contributed by atoms with E-state index in [1.165, 1.54) is 0 Å². The van der Waals surface area contributed by atoms with Gasteiger partial charge in [-0.25, -0.2) is 8.78 Å². The van der Waals surface area contributed by atoms with Crippen molar-refractivity contribution in [3.05, 3.63) is 35.4 Å². The molecule has 20 heavy (non-hydrogen) atoms. The highest BCUT2D eigenvalue weighted by molar-refractivity contribution is 7.90. The summed E-state index contributed by atoms with van der Waals surface area (Å²) in [4.78, 5) is 0. The van der Waals surface area contributed by atoms with Crippen molar-refractivity contribution in [1.29, 1.82) is 0 Å². The Hall–Kier alpha value is -0.690. The molecule has 1 aromatic rings. The Balaban J connectivity index is 2.20. The highest BCUT2D eigenvalue weighted by Crippen LogP contribution is 2.30. The van der Waals surface area contributed by atoms with Gasteiger partial charge < -0.3 is 9.29 Å². The molecule has 1 aliphatic heterocycles. The third-order valence-electron chi connectivity index (χ3n) is 3.04. The Bertz CT molecular complexity index is 475. The van der Waals surface area contributed by atoms with E-state index < -0.39 is 33.8 Å². The minimum Gasteiger partial charge on any atom is -0.598 e. The fraction of sp³-hybridized carbons (Fsp3) is 0.571. The quantitative estimate of drug-likeness (QED) is 0.672. The van der Waals surface area contributed by atoms with Crippen LogP contribution < -0.4 is 4.72 Å². The number of ether oxygens (including phenoxy) is 1. The first kappa shape index (κ1) is 15.7. The molecule has 2 rings (SSSR count). The van der Waals surface area contributed by atoms with E-state index in [9.17, 15) is 13.3 Å².